The second kappa shape index (κ2) is 5.86. The van der Waals surface area contributed by atoms with Gasteiger partial charge < -0.3 is 15.8 Å². The van der Waals surface area contributed by atoms with Gasteiger partial charge in [0.25, 0.3) is 5.91 Å². The van der Waals surface area contributed by atoms with Crippen LogP contribution in [0.4, 0.5) is 11.5 Å². The molecule has 0 atom stereocenters. The Bertz CT molecular complexity index is 570. The predicted octanol–water partition coefficient (Wildman–Crippen LogP) is 1.99. The zero-order chi connectivity index (χ0) is 13.7. The van der Waals surface area contributed by atoms with E-state index in [-0.39, 0.29) is 18.3 Å². The summed E-state index contributed by atoms with van der Waals surface area (Å²) in [5.41, 5.74) is 7.22. The number of amides is 1. The van der Waals surface area contributed by atoms with Gasteiger partial charge >= 0.3 is 0 Å². The molecule has 1 heterocycles. The van der Waals surface area contributed by atoms with E-state index < -0.39 is 0 Å². The molecule has 1 aromatic heterocycles. The first kappa shape index (κ1) is 12.9. The van der Waals surface area contributed by atoms with Crippen LogP contribution in [0.15, 0.2) is 42.5 Å². The van der Waals surface area contributed by atoms with Crippen molar-refractivity contribution >= 4 is 17.4 Å². The third-order valence-corrected chi connectivity index (χ3v) is 2.44. The molecule has 2 aromatic rings. The topological polar surface area (TPSA) is 77.2 Å². The molecule has 5 heteroatoms. The number of nitrogens with zero attached hydrogens (tertiary/aromatic N) is 1. The number of pyridine rings is 1. The molecular weight excluding hydrogens is 242 g/mol. The molecule has 0 unspecified atom stereocenters. The molecule has 0 spiro atoms. The molecule has 0 saturated carbocycles. The molecule has 2 rings (SSSR count). The first-order valence-corrected chi connectivity index (χ1v) is 5.86. The monoisotopic (exact) mass is 257 g/mol. The molecule has 1 aromatic carbocycles. The fourth-order valence-electron chi connectivity index (χ4n) is 1.55. The largest absolute Gasteiger partial charge is 0.480 e. The van der Waals surface area contributed by atoms with Crippen molar-refractivity contribution in [3.63, 3.8) is 0 Å². The van der Waals surface area contributed by atoms with Gasteiger partial charge in [0.2, 0.25) is 0 Å². The van der Waals surface area contributed by atoms with E-state index in [1.54, 1.807) is 24.3 Å². The SMILES string of the molecule is Cc1ccc(OCC(=O)Nc2ccccc2)c(N)n1. The van der Waals surface area contributed by atoms with E-state index in [1.165, 1.54) is 0 Å². The number of anilines is 2. The van der Waals surface area contributed by atoms with Crippen LogP contribution in [0.5, 0.6) is 5.75 Å². The summed E-state index contributed by atoms with van der Waals surface area (Å²) >= 11 is 0. The third-order valence-electron chi connectivity index (χ3n) is 2.44. The maximum absolute atomic E-state index is 11.7. The maximum atomic E-state index is 11.7. The lowest BCUT2D eigenvalue weighted by Gasteiger charge is -2.09. The van der Waals surface area contributed by atoms with Crippen LogP contribution in [-0.2, 0) is 4.79 Å². The summed E-state index contributed by atoms with van der Waals surface area (Å²) in [6.07, 6.45) is 0. The van der Waals surface area contributed by atoms with Gasteiger partial charge in [-0.25, -0.2) is 4.98 Å². The first-order valence-electron chi connectivity index (χ1n) is 5.86. The van der Waals surface area contributed by atoms with Crippen LogP contribution in [0, 0.1) is 6.92 Å². The number of carbonyl (C=O) groups is 1. The number of nitrogens with two attached hydrogens (primary N) is 1. The smallest absolute Gasteiger partial charge is 0.262 e. The van der Waals surface area contributed by atoms with E-state index in [0.29, 0.717) is 5.75 Å². The van der Waals surface area contributed by atoms with Crippen molar-refractivity contribution < 1.29 is 9.53 Å². The van der Waals surface area contributed by atoms with Gasteiger partial charge in [0, 0.05) is 11.4 Å². The van der Waals surface area contributed by atoms with Crippen molar-refractivity contribution in [3.8, 4) is 5.75 Å². The van der Waals surface area contributed by atoms with Crippen molar-refractivity contribution in [1.29, 1.82) is 0 Å². The van der Waals surface area contributed by atoms with Gasteiger partial charge in [0.1, 0.15) is 0 Å². The van der Waals surface area contributed by atoms with Crippen molar-refractivity contribution in [1.82, 2.24) is 4.98 Å². The second-order valence-corrected chi connectivity index (χ2v) is 4.04. The van der Waals surface area contributed by atoms with Crippen LogP contribution in [0.2, 0.25) is 0 Å². The van der Waals surface area contributed by atoms with Gasteiger partial charge in [0.15, 0.2) is 18.2 Å². The van der Waals surface area contributed by atoms with E-state index in [1.807, 2.05) is 25.1 Å². The summed E-state index contributed by atoms with van der Waals surface area (Å²) in [5, 5.41) is 2.72. The first-order chi connectivity index (χ1) is 9.15. The number of nitrogen functional groups attached to an aromatic ring is 1. The van der Waals surface area contributed by atoms with Crippen molar-refractivity contribution in [2.24, 2.45) is 0 Å². The number of ether oxygens (including phenoxy) is 1. The van der Waals surface area contributed by atoms with Gasteiger partial charge in [-0.2, -0.15) is 0 Å². The minimum Gasteiger partial charge on any atom is -0.480 e. The van der Waals surface area contributed by atoms with Gasteiger partial charge in [0.05, 0.1) is 0 Å². The van der Waals surface area contributed by atoms with Gasteiger partial charge in [-0.3, -0.25) is 4.79 Å². The summed E-state index contributed by atoms with van der Waals surface area (Å²) in [4.78, 5) is 15.7. The minimum absolute atomic E-state index is 0.107. The minimum atomic E-state index is -0.244. The van der Waals surface area contributed by atoms with Crippen LogP contribution in [0.1, 0.15) is 5.69 Å². The van der Waals surface area contributed by atoms with E-state index >= 15 is 0 Å². The molecule has 0 bridgehead atoms. The maximum Gasteiger partial charge on any atom is 0.262 e. The highest BCUT2D eigenvalue weighted by atomic mass is 16.5. The van der Waals surface area contributed by atoms with E-state index in [9.17, 15) is 4.79 Å². The second-order valence-electron chi connectivity index (χ2n) is 4.04. The standard InChI is InChI=1S/C14H15N3O2/c1-10-7-8-12(14(15)16-10)19-9-13(18)17-11-5-3-2-4-6-11/h2-8H,9H2,1H3,(H2,15,16)(H,17,18). The van der Waals surface area contributed by atoms with Crippen LogP contribution in [-0.4, -0.2) is 17.5 Å². The summed E-state index contributed by atoms with van der Waals surface area (Å²) in [6.45, 7) is 1.73. The molecule has 3 N–H and O–H groups in total. The highest BCUT2D eigenvalue weighted by Crippen LogP contribution is 2.18. The Morgan fingerprint density at radius 2 is 2.00 bits per heavy atom. The Morgan fingerprint density at radius 1 is 1.26 bits per heavy atom. The number of aromatic nitrogens is 1. The fraction of sp³-hybridized carbons (Fsp3) is 0.143. The predicted molar refractivity (Wildman–Crippen MR) is 74.0 cm³/mol. The number of rotatable bonds is 4. The molecular formula is C14H15N3O2. The zero-order valence-corrected chi connectivity index (χ0v) is 10.6. The zero-order valence-electron chi connectivity index (χ0n) is 10.6. The molecule has 0 fully saturated rings. The van der Waals surface area contributed by atoms with Gasteiger partial charge in [-0.15, -0.1) is 0 Å². The third kappa shape index (κ3) is 3.70. The Kier molecular flexibility index (Phi) is 3.97. The number of nitrogens with one attached hydrogen (secondary N) is 1. The number of hydrogen-bond donors (Lipinski definition) is 2. The molecule has 0 aliphatic rings. The average Bonchev–Trinajstić information content (AvgIpc) is 2.39. The molecule has 0 saturated heterocycles. The summed E-state index contributed by atoms with van der Waals surface area (Å²) < 4.78 is 5.33. The van der Waals surface area contributed by atoms with Crippen LogP contribution in [0.3, 0.4) is 0 Å². The lowest BCUT2D eigenvalue weighted by atomic mass is 10.3. The Balaban J connectivity index is 1.90. The van der Waals surface area contributed by atoms with Crippen LogP contribution in [0.25, 0.3) is 0 Å². The summed E-state index contributed by atoms with van der Waals surface area (Å²) in [7, 11) is 0. The fourth-order valence-corrected chi connectivity index (χ4v) is 1.55. The van der Waals surface area contributed by atoms with Gasteiger partial charge in [-0.1, -0.05) is 18.2 Å². The van der Waals surface area contributed by atoms with E-state index in [2.05, 4.69) is 10.3 Å². The van der Waals surface area contributed by atoms with Crippen LogP contribution < -0.4 is 15.8 Å². The number of benzene rings is 1. The highest BCUT2D eigenvalue weighted by Gasteiger charge is 2.06. The molecule has 0 aliphatic carbocycles. The van der Waals surface area contributed by atoms with Crippen molar-refractivity contribution in [2.45, 2.75) is 6.92 Å². The molecule has 19 heavy (non-hydrogen) atoms. The van der Waals surface area contributed by atoms with Crippen molar-refractivity contribution in [2.75, 3.05) is 17.7 Å². The number of hydrogen-bond acceptors (Lipinski definition) is 4. The number of carbonyl (C=O) groups excluding carboxylic acids is 1. The quantitative estimate of drug-likeness (QED) is 0.878. The number of para-hydroxylation sites is 1. The van der Waals surface area contributed by atoms with E-state index in [0.717, 1.165) is 11.4 Å². The van der Waals surface area contributed by atoms with Crippen LogP contribution >= 0.6 is 0 Å². The lowest BCUT2D eigenvalue weighted by molar-refractivity contribution is -0.118. The molecule has 98 valence electrons. The highest BCUT2D eigenvalue weighted by molar-refractivity contribution is 5.91. The summed E-state index contributed by atoms with van der Waals surface area (Å²) in [6, 6.07) is 12.7. The summed E-state index contributed by atoms with van der Waals surface area (Å²) in [5.74, 6) is 0.451. The van der Waals surface area contributed by atoms with E-state index in [4.69, 9.17) is 10.5 Å². The Morgan fingerprint density at radius 3 is 2.68 bits per heavy atom. The molecule has 5 nitrogen and oxygen atoms in total. The normalized spacial score (nSPS) is 9.95. The number of aryl methyl sites for hydroxylation is 1. The lowest BCUT2D eigenvalue weighted by Crippen LogP contribution is -2.20. The molecule has 0 aliphatic heterocycles. The molecule has 0 radical (unpaired) electrons. The Hall–Kier alpha value is -2.56. The Labute approximate surface area is 111 Å². The van der Waals surface area contributed by atoms with Gasteiger partial charge in [-0.05, 0) is 31.2 Å². The van der Waals surface area contributed by atoms with Crippen molar-refractivity contribution in [3.05, 3.63) is 48.2 Å². The molecule has 1 amide bonds. The average molecular weight is 257 g/mol.